The average molecular weight is 405 g/mol. The molecule has 2 aromatic rings. The highest BCUT2D eigenvalue weighted by atomic mass is 16.2. The van der Waals surface area contributed by atoms with Gasteiger partial charge in [0.25, 0.3) is 5.91 Å². The topological polar surface area (TPSA) is 23.6 Å². The molecule has 1 aliphatic carbocycles. The Hall–Kier alpha value is -2.13. The molecule has 1 saturated carbocycles. The lowest BCUT2D eigenvalue weighted by Crippen LogP contribution is -2.38. The van der Waals surface area contributed by atoms with Gasteiger partial charge < -0.3 is 9.80 Å². The van der Waals surface area contributed by atoms with E-state index in [4.69, 9.17) is 0 Å². The lowest BCUT2D eigenvalue weighted by Gasteiger charge is -2.34. The smallest absolute Gasteiger partial charge is 0.253 e. The van der Waals surface area contributed by atoms with E-state index in [1.165, 1.54) is 48.8 Å². The number of hydrogen-bond acceptors (Lipinski definition) is 2. The first kappa shape index (κ1) is 21.1. The maximum absolute atomic E-state index is 13.2. The van der Waals surface area contributed by atoms with Crippen molar-refractivity contribution in [1.29, 1.82) is 0 Å². The predicted octanol–water partition coefficient (Wildman–Crippen LogP) is 5.42. The molecule has 0 radical (unpaired) electrons. The molecule has 1 heterocycles. The number of rotatable bonds is 5. The second-order valence-corrected chi connectivity index (χ2v) is 9.58. The molecule has 3 nitrogen and oxygen atoms in total. The number of nitrogens with zero attached hydrogens (tertiary/aromatic N) is 2. The third-order valence-electron chi connectivity index (χ3n) is 7.25. The van der Waals surface area contributed by atoms with Crippen LogP contribution in [0.4, 0.5) is 0 Å². The summed E-state index contributed by atoms with van der Waals surface area (Å²) in [4.78, 5) is 17.9. The highest BCUT2D eigenvalue weighted by Gasteiger charge is 2.37. The van der Waals surface area contributed by atoms with Crippen molar-refractivity contribution in [3.05, 3.63) is 70.8 Å². The van der Waals surface area contributed by atoms with E-state index in [1.54, 1.807) is 0 Å². The monoisotopic (exact) mass is 404 g/mol. The van der Waals surface area contributed by atoms with Gasteiger partial charge in [-0.2, -0.15) is 0 Å². The maximum atomic E-state index is 13.2. The quantitative estimate of drug-likeness (QED) is 0.664. The number of benzene rings is 2. The summed E-state index contributed by atoms with van der Waals surface area (Å²) < 4.78 is 0. The van der Waals surface area contributed by atoms with E-state index in [0.717, 1.165) is 25.2 Å². The van der Waals surface area contributed by atoms with E-state index in [-0.39, 0.29) is 5.91 Å². The van der Waals surface area contributed by atoms with Gasteiger partial charge in [-0.25, -0.2) is 0 Å². The van der Waals surface area contributed by atoms with Crippen LogP contribution >= 0.6 is 0 Å². The van der Waals surface area contributed by atoms with Gasteiger partial charge in [0.15, 0.2) is 0 Å². The van der Waals surface area contributed by atoms with Crippen LogP contribution in [0.5, 0.6) is 0 Å². The Morgan fingerprint density at radius 2 is 1.50 bits per heavy atom. The minimum absolute atomic E-state index is 0.176. The minimum atomic E-state index is 0.176. The van der Waals surface area contributed by atoms with Crippen molar-refractivity contribution in [3.63, 3.8) is 0 Å². The van der Waals surface area contributed by atoms with Gasteiger partial charge in [-0.05, 0) is 57.4 Å². The fraction of sp³-hybridized carbons (Fsp3) is 0.519. The van der Waals surface area contributed by atoms with Crippen LogP contribution in [-0.2, 0) is 0 Å². The van der Waals surface area contributed by atoms with Crippen LogP contribution in [0.1, 0.15) is 65.1 Å². The molecular weight excluding hydrogens is 368 g/mol. The van der Waals surface area contributed by atoms with Crippen molar-refractivity contribution in [3.8, 4) is 0 Å². The molecule has 0 spiro atoms. The summed E-state index contributed by atoms with van der Waals surface area (Å²) in [6, 6.07) is 17.7. The van der Waals surface area contributed by atoms with E-state index in [1.807, 2.05) is 24.3 Å². The summed E-state index contributed by atoms with van der Waals surface area (Å²) in [5.41, 5.74) is 4.67. The molecule has 160 valence electrons. The van der Waals surface area contributed by atoms with E-state index in [0.29, 0.717) is 17.9 Å². The SMILES string of the molecule is Cc1ccc(C(=O)N2C[C@@H](CN(C)C3CCCCC3)[C@H](c3ccc(C)cc3)C2)cc1. The van der Waals surface area contributed by atoms with Gasteiger partial charge in [0.2, 0.25) is 0 Å². The van der Waals surface area contributed by atoms with Crippen molar-refractivity contribution in [2.24, 2.45) is 5.92 Å². The van der Waals surface area contributed by atoms with Crippen LogP contribution in [0.3, 0.4) is 0 Å². The third kappa shape index (κ3) is 4.78. The van der Waals surface area contributed by atoms with Crippen LogP contribution in [0.2, 0.25) is 0 Å². The summed E-state index contributed by atoms with van der Waals surface area (Å²) in [5, 5.41) is 0. The van der Waals surface area contributed by atoms with Crippen molar-refractivity contribution in [2.45, 2.75) is 57.9 Å². The Morgan fingerprint density at radius 1 is 0.900 bits per heavy atom. The normalized spacial score (nSPS) is 22.6. The van der Waals surface area contributed by atoms with Crippen LogP contribution in [-0.4, -0.2) is 48.4 Å². The number of likely N-dealkylation sites (tertiary alicyclic amines) is 1. The standard InChI is InChI=1S/C27H36N2O/c1-20-9-13-22(14-10-20)26-19-29(27(30)23-15-11-21(2)12-16-23)18-24(26)17-28(3)25-7-5-4-6-8-25/h9-16,24-26H,4-8,17-19H2,1-3H3/t24-,26+/m1/s1. The molecule has 1 amide bonds. The molecule has 2 aromatic carbocycles. The van der Waals surface area contributed by atoms with E-state index in [2.05, 4.69) is 55.0 Å². The van der Waals surface area contributed by atoms with Gasteiger partial charge in [-0.3, -0.25) is 4.79 Å². The Morgan fingerprint density at radius 3 is 2.13 bits per heavy atom. The Balaban J connectivity index is 1.52. The van der Waals surface area contributed by atoms with Gasteiger partial charge in [0.05, 0.1) is 0 Å². The van der Waals surface area contributed by atoms with E-state index >= 15 is 0 Å². The number of amides is 1. The molecule has 0 N–H and O–H groups in total. The summed E-state index contributed by atoms with van der Waals surface area (Å²) in [5.74, 6) is 1.06. The highest BCUT2D eigenvalue weighted by Crippen LogP contribution is 2.35. The first-order valence-electron chi connectivity index (χ1n) is 11.6. The van der Waals surface area contributed by atoms with Gasteiger partial charge in [-0.1, -0.05) is 66.8 Å². The molecule has 1 aliphatic heterocycles. The van der Waals surface area contributed by atoms with Crippen molar-refractivity contribution < 1.29 is 4.79 Å². The number of carbonyl (C=O) groups is 1. The van der Waals surface area contributed by atoms with Gasteiger partial charge in [0, 0.05) is 37.2 Å². The van der Waals surface area contributed by atoms with Crippen molar-refractivity contribution >= 4 is 5.91 Å². The van der Waals surface area contributed by atoms with Gasteiger partial charge >= 0.3 is 0 Å². The van der Waals surface area contributed by atoms with Crippen molar-refractivity contribution in [2.75, 3.05) is 26.7 Å². The molecule has 30 heavy (non-hydrogen) atoms. The first-order chi connectivity index (χ1) is 14.5. The van der Waals surface area contributed by atoms with Crippen LogP contribution < -0.4 is 0 Å². The molecule has 1 saturated heterocycles. The number of aryl methyl sites for hydroxylation is 2. The molecule has 2 atom stereocenters. The highest BCUT2D eigenvalue weighted by molar-refractivity contribution is 5.94. The predicted molar refractivity (Wildman–Crippen MR) is 124 cm³/mol. The summed E-state index contributed by atoms with van der Waals surface area (Å²) in [6.07, 6.45) is 6.76. The number of hydrogen-bond donors (Lipinski definition) is 0. The molecule has 2 fully saturated rings. The molecule has 0 bridgehead atoms. The van der Waals surface area contributed by atoms with E-state index in [9.17, 15) is 4.79 Å². The lowest BCUT2D eigenvalue weighted by atomic mass is 9.87. The zero-order valence-corrected chi connectivity index (χ0v) is 18.8. The maximum Gasteiger partial charge on any atom is 0.253 e. The summed E-state index contributed by atoms with van der Waals surface area (Å²) in [7, 11) is 2.30. The average Bonchev–Trinajstić information content (AvgIpc) is 3.18. The molecule has 0 aromatic heterocycles. The summed E-state index contributed by atoms with van der Waals surface area (Å²) >= 11 is 0. The van der Waals surface area contributed by atoms with E-state index < -0.39 is 0 Å². The molecular formula is C27H36N2O. The zero-order valence-electron chi connectivity index (χ0n) is 18.8. The lowest BCUT2D eigenvalue weighted by molar-refractivity contribution is 0.0780. The largest absolute Gasteiger partial charge is 0.338 e. The van der Waals surface area contributed by atoms with Gasteiger partial charge in [-0.15, -0.1) is 0 Å². The fourth-order valence-corrected chi connectivity index (χ4v) is 5.33. The Kier molecular flexibility index (Phi) is 6.58. The second kappa shape index (κ2) is 9.34. The molecule has 0 unspecified atom stereocenters. The van der Waals surface area contributed by atoms with Crippen molar-refractivity contribution in [1.82, 2.24) is 9.80 Å². The minimum Gasteiger partial charge on any atom is -0.338 e. The Bertz CT molecular complexity index is 836. The molecule has 2 aliphatic rings. The summed E-state index contributed by atoms with van der Waals surface area (Å²) in [6.45, 7) is 6.94. The van der Waals surface area contributed by atoms with Crippen LogP contribution in [0.15, 0.2) is 48.5 Å². The molecule has 3 heteroatoms. The zero-order chi connectivity index (χ0) is 21.1. The second-order valence-electron chi connectivity index (χ2n) is 9.58. The van der Waals surface area contributed by atoms with Crippen LogP contribution in [0, 0.1) is 19.8 Å². The molecule has 4 rings (SSSR count). The Labute approximate surface area is 182 Å². The van der Waals surface area contributed by atoms with Gasteiger partial charge in [0.1, 0.15) is 0 Å². The number of carbonyl (C=O) groups excluding carboxylic acids is 1. The third-order valence-corrected chi connectivity index (χ3v) is 7.25. The van der Waals surface area contributed by atoms with Crippen LogP contribution in [0.25, 0.3) is 0 Å². The fourth-order valence-electron chi connectivity index (χ4n) is 5.33. The first-order valence-corrected chi connectivity index (χ1v) is 11.6.